The summed E-state index contributed by atoms with van der Waals surface area (Å²) in [6.07, 6.45) is -1.99. The molecule has 2 aromatic rings. The van der Waals surface area contributed by atoms with Crippen LogP contribution in [-0.2, 0) is 11.3 Å². The molecule has 114 valence electrons. The Labute approximate surface area is 133 Å². The Morgan fingerprint density at radius 1 is 1.14 bits per heavy atom. The molecule has 4 nitrogen and oxygen atoms in total. The van der Waals surface area contributed by atoms with Crippen molar-refractivity contribution in [1.29, 1.82) is 0 Å². The first-order valence-corrected chi connectivity index (χ1v) is 7.45. The zero-order chi connectivity index (χ0) is 15.5. The van der Waals surface area contributed by atoms with Gasteiger partial charge in [0.25, 0.3) is 0 Å². The van der Waals surface area contributed by atoms with E-state index in [0.29, 0.717) is 17.1 Å². The monoisotopic (exact) mass is 317 g/mol. The van der Waals surface area contributed by atoms with Crippen LogP contribution in [0.25, 0.3) is 0 Å². The van der Waals surface area contributed by atoms with Gasteiger partial charge in [-0.15, -0.1) is 0 Å². The molecule has 1 aliphatic rings. The second-order valence-electron chi connectivity index (χ2n) is 5.26. The number of nitrogens with zero attached hydrogens (tertiary/aromatic N) is 1. The lowest BCUT2D eigenvalue weighted by molar-refractivity contribution is -0.0620. The summed E-state index contributed by atoms with van der Waals surface area (Å²) in [4.78, 5) is 13.7. The molecule has 0 aromatic heterocycles. The van der Waals surface area contributed by atoms with Crippen molar-refractivity contribution in [1.82, 2.24) is 4.90 Å². The number of carbonyl (C=O) groups is 1. The molecule has 2 atom stereocenters. The molecule has 0 bridgehead atoms. The van der Waals surface area contributed by atoms with Gasteiger partial charge in [-0.1, -0.05) is 60.1 Å². The second kappa shape index (κ2) is 6.38. The summed E-state index contributed by atoms with van der Waals surface area (Å²) in [5.41, 5.74) is 1.62. The topological polar surface area (TPSA) is 49.8 Å². The van der Waals surface area contributed by atoms with E-state index in [1.807, 2.05) is 30.3 Å². The molecular formula is C17H16ClNO3. The lowest BCUT2D eigenvalue weighted by Gasteiger charge is -2.36. The highest BCUT2D eigenvalue weighted by Gasteiger charge is 2.36. The second-order valence-corrected chi connectivity index (χ2v) is 5.67. The Morgan fingerprint density at radius 3 is 2.55 bits per heavy atom. The summed E-state index contributed by atoms with van der Waals surface area (Å²) >= 11 is 6.12. The summed E-state index contributed by atoms with van der Waals surface area (Å²) in [5.74, 6) is 0. The summed E-state index contributed by atoms with van der Waals surface area (Å²) < 4.78 is 5.40. The molecule has 2 aromatic carbocycles. The average Bonchev–Trinajstić information content (AvgIpc) is 2.52. The fourth-order valence-electron chi connectivity index (χ4n) is 2.57. The summed E-state index contributed by atoms with van der Waals surface area (Å²) in [6, 6.07) is 16.7. The Hall–Kier alpha value is -2.04. The first-order chi connectivity index (χ1) is 10.6. The Kier molecular flexibility index (Phi) is 4.32. The van der Waals surface area contributed by atoms with E-state index in [1.165, 1.54) is 4.90 Å². The minimum absolute atomic E-state index is 0.212. The zero-order valence-electron chi connectivity index (χ0n) is 11.9. The summed E-state index contributed by atoms with van der Waals surface area (Å²) in [5, 5.41) is 10.8. The van der Waals surface area contributed by atoms with Crippen molar-refractivity contribution in [2.45, 2.75) is 18.8 Å². The third-order valence-corrected chi connectivity index (χ3v) is 4.02. The van der Waals surface area contributed by atoms with E-state index >= 15 is 0 Å². The van der Waals surface area contributed by atoms with Crippen molar-refractivity contribution >= 4 is 17.7 Å². The molecule has 1 amide bonds. The van der Waals surface area contributed by atoms with Crippen molar-refractivity contribution in [2.24, 2.45) is 0 Å². The van der Waals surface area contributed by atoms with Crippen LogP contribution in [0.2, 0.25) is 5.02 Å². The molecule has 0 unspecified atom stereocenters. The van der Waals surface area contributed by atoms with Gasteiger partial charge >= 0.3 is 6.09 Å². The predicted octanol–water partition coefficient (Wildman–Crippen LogP) is 3.39. The molecule has 1 heterocycles. The SMILES string of the molecule is O=C1O[C@H](c2ccccc2Cl)[C@H](O)CN1Cc1ccccc1. The molecule has 0 spiro atoms. The maximum atomic E-state index is 12.2. The van der Waals surface area contributed by atoms with Crippen LogP contribution in [0.3, 0.4) is 0 Å². The molecule has 0 aliphatic carbocycles. The number of rotatable bonds is 3. The van der Waals surface area contributed by atoms with Gasteiger partial charge in [0, 0.05) is 17.1 Å². The van der Waals surface area contributed by atoms with Gasteiger partial charge in [-0.2, -0.15) is 0 Å². The van der Waals surface area contributed by atoms with Gasteiger partial charge in [0.05, 0.1) is 6.54 Å². The number of halogens is 1. The number of benzene rings is 2. The molecule has 0 saturated carbocycles. The number of cyclic esters (lactones) is 1. The number of aliphatic hydroxyl groups is 1. The molecule has 1 fully saturated rings. The van der Waals surface area contributed by atoms with Gasteiger partial charge in [-0.3, -0.25) is 0 Å². The maximum absolute atomic E-state index is 12.2. The Morgan fingerprint density at radius 2 is 1.82 bits per heavy atom. The fraction of sp³-hybridized carbons (Fsp3) is 0.235. The zero-order valence-corrected chi connectivity index (χ0v) is 12.6. The van der Waals surface area contributed by atoms with E-state index in [-0.39, 0.29) is 6.54 Å². The summed E-state index contributed by atoms with van der Waals surface area (Å²) in [6.45, 7) is 0.621. The van der Waals surface area contributed by atoms with Crippen LogP contribution in [0.15, 0.2) is 54.6 Å². The largest absolute Gasteiger partial charge is 0.438 e. The molecule has 1 saturated heterocycles. The lowest BCUT2D eigenvalue weighted by atomic mass is 10.0. The first-order valence-electron chi connectivity index (χ1n) is 7.07. The highest BCUT2D eigenvalue weighted by atomic mass is 35.5. The lowest BCUT2D eigenvalue weighted by Crippen LogP contribution is -2.46. The quantitative estimate of drug-likeness (QED) is 0.944. The molecule has 3 rings (SSSR count). The fourth-order valence-corrected chi connectivity index (χ4v) is 2.81. The van der Waals surface area contributed by atoms with Crippen molar-refractivity contribution in [3.05, 3.63) is 70.7 Å². The number of carbonyl (C=O) groups excluding carboxylic acids is 1. The number of β-amino-alcohol motifs (C(OH)–C–C–N with tert-alkyl or cyclic N) is 1. The first kappa shape index (κ1) is 14.9. The number of amides is 1. The van der Waals surface area contributed by atoms with E-state index in [9.17, 15) is 9.90 Å². The van der Waals surface area contributed by atoms with E-state index in [4.69, 9.17) is 16.3 Å². The third kappa shape index (κ3) is 3.08. The van der Waals surface area contributed by atoms with Crippen LogP contribution in [0.1, 0.15) is 17.2 Å². The van der Waals surface area contributed by atoms with Gasteiger partial charge in [0.2, 0.25) is 0 Å². The van der Waals surface area contributed by atoms with Gasteiger partial charge < -0.3 is 14.7 Å². The predicted molar refractivity (Wildman–Crippen MR) is 83.5 cm³/mol. The highest BCUT2D eigenvalue weighted by molar-refractivity contribution is 6.31. The smallest absolute Gasteiger partial charge is 0.410 e. The standard InChI is InChI=1S/C17H16ClNO3/c18-14-9-5-4-8-13(14)16-15(20)11-19(17(21)22-16)10-12-6-2-1-3-7-12/h1-9,15-16,20H,10-11H2/t15-,16-/m1/s1. The average molecular weight is 318 g/mol. The summed E-state index contributed by atoms with van der Waals surface area (Å²) in [7, 11) is 0. The number of hydrogen-bond acceptors (Lipinski definition) is 3. The van der Waals surface area contributed by atoms with E-state index in [0.717, 1.165) is 5.56 Å². The Balaban J connectivity index is 1.74. The van der Waals surface area contributed by atoms with E-state index in [2.05, 4.69) is 0 Å². The molecule has 5 heteroatoms. The number of ether oxygens (including phenoxy) is 1. The number of hydrogen-bond donors (Lipinski definition) is 1. The van der Waals surface area contributed by atoms with Crippen molar-refractivity contribution in [3.63, 3.8) is 0 Å². The molecule has 22 heavy (non-hydrogen) atoms. The Bertz CT molecular complexity index is 662. The van der Waals surface area contributed by atoms with Crippen LogP contribution < -0.4 is 0 Å². The normalized spacial score (nSPS) is 21.5. The molecule has 1 aliphatic heterocycles. The van der Waals surface area contributed by atoms with Crippen LogP contribution in [-0.4, -0.2) is 28.7 Å². The van der Waals surface area contributed by atoms with Crippen molar-refractivity contribution < 1.29 is 14.6 Å². The molecular weight excluding hydrogens is 302 g/mol. The van der Waals surface area contributed by atoms with Crippen LogP contribution >= 0.6 is 11.6 Å². The minimum atomic E-state index is -0.818. The van der Waals surface area contributed by atoms with E-state index in [1.54, 1.807) is 24.3 Å². The maximum Gasteiger partial charge on any atom is 0.410 e. The third-order valence-electron chi connectivity index (χ3n) is 3.67. The minimum Gasteiger partial charge on any atom is -0.438 e. The van der Waals surface area contributed by atoms with Crippen LogP contribution in [0.4, 0.5) is 4.79 Å². The van der Waals surface area contributed by atoms with Crippen LogP contribution in [0, 0.1) is 0 Å². The van der Waals surface area contributed by atoms with Crippen LogP contribution in [0.5, 0.6) is 0 Å². The van der Waals surface area contributed by atoms with Gasteiger partial charge in [0.15, 0.2) is 6.10 Å². The molecule has 1 N–H and O–H groups in total. The van der Waals surface area contributed by atoms with Crippen molar-refractivity contribution in [2.75, 3.05) is 6.54 Å². The van der Waals surface area contributed by atoms with Gasteiger partial charge in [0.1, 0.15) is 6.10 Å². The molecule has 0 radical (unpaired) electrons. The number of aliphatic hydroxyl groups excluding tert-OH is 1. The van der Waals surface area contributed by atoms with Gasteiger partial charge in [-0.05, 0) is 11.6 Å². The van der Waals surface area contributed by atoms with E-state index < -0.39 is 18.3 Å². The van der Waals surface area contributed by atoms with Crippen molar-refractivity contribution in [3.8, 4) is 0 Å². The highest BCUT2D eigenvalue weighted by Crippen LogP contribution is 2.32. The van der Waals surface area contributed by atoms with Gasteiger partial charge in [-0.25, -0.2) is 4.79 Å².